The zero-order valence-corrected chi connectivity index (χ0v) is 14.5. The van der Waals surface area contributed by atoms with E-state index in [0.717, 1.165) is 17.6 Å². The number of hydrogen-bond acceptors (Lipinski definition) is 5. The van der Waals surface area contributed by atoms with Gasteiger partial charge in [-0.25, -0.2) is 9.67 Å². The number of aryl methyl sites for hydroxylation is 2. The predicted molar refractivity (Wildman–Crippen MR) is 96.8 cm³/mol. The number of aromatic nitrogens is 5. The van der Waals surface area contributed by atoms with E-state index in [0.29, 0.717) is 28.2 Å². The minimum atomic E-state index is -0.409. The summed E-state index contributed by atoms with van der Waals surface area (Å²) in [5, 5.41) is 15.4. The first-order valence-corrected chi connectivity index (χ1v) is 7.97. The fraction of sp³-hybridized carbons (Fsp3) is 0.167. The van der Waals surface area contributed by atoms with Crippen molar-refractivity contribution in [2.45, 2.75) is 6.92 Å². The summed E-state index contributed by atoms with van der Waals surface area (Å²) >= 11 is 0. The molecule has 0 aliphatic rings. The normalized spacial score (nSPS) is 11.2. The topological polar surface area (TPSA) is 98.0 Å². The quantitative estimate of drug-likeness (QED) is 0.589. The van der Waals surface area contributed by atoms with E-state index in [1.165, 1.54) is 0 Å². The molecule has 132 valence electrons. The second-order valence-electron chi connectivity index (χ2n) is 5.99. The van der Waals surface area contributed by atoms with Crippen molar-refractivity contribution in [2.24, 2.45) is 7.05 Å². The van der Waals surface area contributed by atoms with Gasteiger partial charge in [-0.15, -0.1) is 0 Å². The number of imidazole rings is 1. The summed E-state index contributed by atoms with van der Waals surface area (Å²) in [4.78, 5) is 19.1. The molecule has 4 aromatic rings. The maximum absolute atomic E-state index is 11.9. The summed E-state index contributed by atoms with van der Waals surface area (Å²) < 4.78 is 8.63. The SMILES string of the molecule is COc1ccc(-n2nc(-c3cn(C)c(C)n3)c3c(O)cc(=O)[nH]c32)cc1. The molecule has 0 saturated carbocycles. The molecular formula is C18H17N5O3. The first-order valence-electron chi connectivity index (χ1n) is 7.97. The van der Waals surface area contributed by atoms with E-state index in [-0.39, 0.29) is 5.75 Å². The van der Waals surface area contributed by atoms with Gasteiger partial charge in [0.05, 0.1) is 18.2 Å². The molecule has 0 saturated heterocycles. The summed E-state index contributed by atoms with van der Waals surface area (Å²) in [6.07, 6.45) is 1.83. The lowest BCUT2D eigenvalue weighted by Gasteiger charge is -2.04. The van der Waals surface area contributed by atoms with Crippen LogP contribution in [-0.2, 0) is 7.05 Å². The van der Waals surface area contributed by atoms with Crippen LogP contribution in [0.5, 0.6) is 11.5 Å². The van der Waals surface area contributed by atoms with Gasteiger partial charge in [0.25, 0.3) is 5.56 Å². The fourth-order valence-electron chi connectivity index (χ4n) is 2.89. The Kier molecular flexibility index (Phi) is 3.54. The molecular weight excluding hydrogens is 334 g/mol. The van der Waals surface area contributed by atoms with Crippen molar-refractivity contribution in [3.8, 4) is 28.6 Å². The second-order valence-corrected chi connectivity index (χ2v) is 5.99. The summed E-state index contributed by atoms with van der Waals surface area (Å²) in [5.41, 5.74) is 1.82. The highest BCUT2D eigenvalue weighted by molar-refractivity contribution is 5.95. The van der Waals surface area contributed by atoms with Crippen molar-refractivity contribution in [3.63, 3.8) is 0 Å². The molecule has 2 N–H and O–H groups in total. The van der Waals surface area contributed by atoms with E-state index in [4.69, 9.17) is 4.74 Å². The van der Waals surface area contributed by atoms with Crippen LogP contribution in [0.15, 0.2) is 41.3 Å². The third-order valence-corrected chi connectivity index (χ3v) is 4.32. The van der Waals surface area contributed by atoms with Gasteiger partial charge in [0.1, 0.15) is 34.4 Å². The first-order chi connectivity index (χ1) is 12.5. The molecule has 0 spiro atoms. The van der Waals surface area contributed by atoms with Crippen LogP contribution >= 0.6 is 0 Å². The Morgan fingerprint density at radius 3 is 2.58 bits per heavy atom. The van der Waals surface area contributed by atoms with E-state index in [1.807, 2.05) is 36.9 Å². The average Bonchev–Trinajstić information content (AvgIpc) is 3.16. The molecule has 8 heteroatoms. The van der Waals surface area contributed by atoms with Gasteiger partial charge < -0.3 is 19.4 Å². The Morgan fingerprint density at radius 1 is 1.23 bits per heavy atom. The van der Waals surface area contributed by atoms with Gasteiger partial charge in [-0.3, -0.25) is 4.79 Å². The van der Waals surface area contributed by atoms with Crippen molar-refractivity contribution in [1.82, 2.24) is 24.3 Å². The average molecular weight is 351 g/mol. The number of aromatic hydroxyl groups is 1. The smallest absolute Gasteiger partial charge is 0.253 e. The summed E-state index contributed by atoms with van der Waals surface area (Å²) in [6, 6.07) is 8.38. The van der Waals surface area contributed by atoms with Gasteiger partial charge in [0.15, 0.2) is 0 Å². The molecule has 0 aliphatic carbocycles. The van der Waals surface area contributed by atoms with Gasteiger partial charge in [0.2, 0.25) is 0 Å². The zero-order valence-electron chi connectivity index (χ0n) is 14.5. The Balaban J connectivity index is 2.02. The van der Waals surface area contributed by atoms with Crippen LogP contribution in [-0.4, -0.2) is 36.5 Å². The molecule has 0 amide bonds. The summed E-state index contributed by atoms with van der Waals surface area (Å²) in [6.45, 7) is 1.88. The number of pyridine rings is 1. The van der Waals surface area contributed by atoms with Crippen molar-refractivity contribution in [2.75, 3.05) is 7.11 Å². The maximum Gasteiger partial charge on any atom is 0.253 e. The van der Waals surface area contributed by atoms with E-state index in [9.17, 15) is 9.90 Å². The molecule has 4 rings (SSSR count). The minimum absolute atomic E-state index is 0.137. The van der Waals surface area contributed by atoms with Gasteiger partial charge in [-0.1, -0.05) is 0 Å². The number of aromatic amines is 1. The molecule has 0 bridgehead atoms. The lowest BCUT2D eigenvalue weighted by molar-refractivity contribution is 0.414. The van der Waals surface area contributed by atoms with Gasteiger partial charge >= 0.3 is 0 Å². The van der Waals surface area contributed by atoms with Crippen LogP contribution in [0.25, 0.3) is 28.1 Å². The van der Waals surface area contributed by atoms with Crippen LogP contribution in [0.4, 0.5) is 0 Å². The van der Waals surface area contributed by atoms with Gasteiger partial charge in [0, 0.05) is 19.3 Å². The van der Waals surface area contributed by atoms with Crippen LogP contribution in [0, 0.1) is 6.92 Å². The number of hydrogen-bond donors (Lipinski definition) is 2. The predicted octanol–water partition coefficient (Wildman–Crippen LogP) is 2.14. The van der Waals surface area contributed by atoms with E-state index in [1.54, 1.807) is 23.9 Å². The number of nitrogens with one attached hydrogen (secondary N) is 1. The molecule has 0 atom stereocenters. The third kappa shape index (κ3) is 2.43. The van der Waals surface area contributed by atoms with Gasteiger partial charge in [-0.05, 0) is 31.2 Å². The Labute approximate surface area is 148 Å². The molecule has 3 heterocycles. The highest BCUT2D eigenvalue weighted by atomic mass is 16.5. The Hall–Kier alpha value is -3.55. The van der Waals surface area contributed by atoms with Crippen molar-refractivity contribution in [1.29, 1.82) is 0 Å². The van der Waals surface area contributed by atoms with Crippen molar-refractivity contribution < 1.29 is 9.84 Å². The number of methoxy groups -OCH3 is 1. The minimum Gasteiger partial charge on any atom is -0.507 e. The number of rotatable bonds is 3. The lowest BCUT2D eigenvalue weighted by Crippen LogP contribution is -2.06. The van der Waals surface area contributed by atoms with Crippen LogP contribution in [0.3, 0.4) is 0 Å². The summed E-state index contributed by atoms with van der Waals surface area (Å²) in [7, 11) is 3.48. The van der Waals surface area contributed by atoms with Crippen LogP contribution in [0.1, 0.15) is 5.82 Å². The summed E-state index contributed by atoms with van der Waals surface area (Å²) in [5.74, 6) is 1.39. The van der Waals surface area contributed by atoms with Crippen LogP contribution < -0.4 is 10.3 Å². The molecule has 0 unspecified atom stereocenters. The fourth-order valence-corrected chi connectivity index (χ4v) is 2.89. The molecule has 8 nitrogen and oxygen atoms in total. The van der Waals surface area contributed by atoms with Crippen molar-refractivity contribution >= 4 is 11.0 Å². The molecule has 3 aromatic heterocycles. The monoisotopic (exact) mass is 351 g/mol. The molecule has 0 radical (unpaired) electrons. The maximum atomic E-state index is 11.9. The standard InChI is InChI=1S/C18H17N5O3/c1-10-19-13(9-22(10)2)17-16-14(24)8-15(25)20-18(16)23(21-17)11-4-6-12(26-3)7-5-11/h4-9H,1-3H3,(H2,20,24,25). The Bertz CT molecular complexity index is 1150. The van der Waals surface area contributed by atoms with E-state index < -0.39 is 5.56 Å². The number of nitrogens with zero attached hydrogens (tertiary/aromatic N) is 4. The van der Waals surface area contributed by atoms with Gasteiger partial charge in [-0.2, -0.15) is 5.10 Å². The lowest BCUT2D eigenvalue weighted by atomic mass is 10.2. The molecule has 0 fully saturated rings. The molecule has 1 aromatic carbocycles. The van der Waals surface area contributed by atoms with E-state index in [2.05, 4.69) is 15.1 Å². The number of ether oxygens (including phenoxy) is 1. The number of H-pyrrole nitrogens is 1. The number of fused-ring (bicyclic) bond motifs is 1. The van der Waals surface area contributed by atoms with Crippen LogP contribution in [0.2, 0.25) is 0 Å². The largest absolute Gasteiger partial charge is 0.507 e. The first kappa shape index (κ1) is 15.9. The third-order valence-electron chi connectivity index (χ3n) is 4.32. The van der Waals surface area contributed by atoms with E-state index >= 15 is 0 Å². The number of benzene rings is 1. The highest BCUT2D eigenvalue weighted by Gasteiger charge is 2.20. The molecule has 0 aliphatic heterocycles. The zero-order chi connectivity index (χ0) is 18.4. The van der Waals surface area contributed by atoms with Crippen molar-refractivity contribution in [3.05, 3.63) is 52.7 Å². The highest BCUT2D eigenvalue weighted by Crippen LogP contribution is 2.33. The molecule has 26 heavy (non-hydrogen) atoms. The Morgan fingerprint density at radius 2 is 1.96 bits per heavy atom. The second kappa shape index (κ2) is 5.76.